The lowest BCUT2D eigenvalue weighted by molar-refractivity contribution is 0.180. The average molecular weight is 341 g/mol. The predicted octanol–water partition coefficient (Wildman–Crippen LogP) is 2.79. The van der Waals surface area contributed by atoms with Crippen LogP contribution in [0, 0.1) is 6.92 Å². The summed E-state index contributed by atoms with van der Waals surface area (Å²) in [6, 6.07) is 15.8. The topological polar surface area (TPSA) is 65.9 Å². The molecule has 5 nitrogen and oxygen atoms in total. The van der Waals surface area contributed by atoms with Crippen LogP contribution in [0.25, 0.3) is 0 Å². The van der Waals surface area contributed by atoms with E-state index in [-0.39, 0.29) is 0 Å². The zero-order chi connectivity index (χ0) is 18.1. The lowest BCUT2D eigenvalue weighted by Crippen LogP contribution is -2.39. The molecular formula is C20H27N3O2. The quantitative estimate of drug-likeness (QED) is 0.535. The largest absolute Gasteiger partial charge is 0.497 e. The Morgan fingerprint density at radius 3 is 2.60 bits per heavy atom. The second-order valence-corrected chi connectivity index (χ2v) is 5.85. The van der Waals surface area contributed by atoms with Gasteiger partial charge in [0, 0.05) is 13.1 Å². The number of ether oxygens (including phenoxy) is 1. The van der Waals surface area contributed by atoms with Gasteiger partial charge in [0.05, 0.1) is 19.8 Å². The van der Waals surface area contributed by atoms with Gasteiger partial charge in [0.15, 0.2) is 5.96 Å². The summed E-state index contributed by atoms with van der Waals surface area (Å²) in [6.45, 7) is 5.80. The van der Waals surface area contributed by atoms with E-state index < -0.39 is 6.10 Å². The Hall–Kier alpha value is -2.53. The third kappa shape index (κ3) is 6.12. The van der Waals surface area contributed by atoms with Crippen molar-refractivity contribution >= 4 is 5.96 Å². The Labute approximate surface area is 149 Å². The van der Waals surface area contributed by atoms with Crippen LogP contribution in [-0.4, -0.2) is 31.3 Å². The van der Waals surface area contributed by atoms with Crippen molar-refractivity contribution in [3.63, 3.8) is 0 Å². The fraction of sp³-hybridized carbons (Fsp3) is 0.350. The Balaban J connectivity index is 1.95. The Morgan fingerprint density at radius 1 is 1.16 bits per heavy atom. The summed E-state index contributed by atoms with van der Waals surface area (Å²) < 4.78 is 5.20. The van der Waals surface area contributed by atoms with E-state index in [1.165, 1.54) is 5.56 Å². The van der Waals surface area contributed by atoms with Crippen LogP contribution in [-0.2, 0) is 6.54 Å². The third-order valence-electron chi connectivity index (χ3n) is 3.83. The first-order valence-electron chi connectivity index (χ1n) is 8.52. The molecule has 0 amide bonds. The lowest BCUT2D eigenvalue weighted by Gasteiger charge is -2.16. The molecule has 1 atom stereocenters. The molecule has 0 saturated carbocycles. The number of nitrogens with one attached hydrogen (secondary N) is 2. The number of aliphatic imine (C=N–C) groups is 1. The molecule has 0 aromatic heterocycles. The van der Waals surface area contributed by atoms with Gasteiger partial charge < -0.3 is 20.5 Å². The molecule has 1 unspecified atom stereocenters. The Bertz CT molecular complexity index is 684. The number of aliphatic hydroxyl groups excluding tert-OH is 1. The number of aryl methyl sites for hydroxylation is 1. The zero-order valence-electron chi connectivity index (χ0n) is 15.1. The molecule has 0 fully saturated rings. The summed E-state index contributed by atoms with van der Waals surface area (Å²) in [5.74, 6) is 1.42. The minimum atomic E-state index is -0.640. The highest BCUT2D eigenvalue weighted by molar-refractivity contribution is 5.79. The van der Waals surface area contributed by atoms with Crippen molar-refractivity contribution in [2.45, 2.75) is 26.5 Å². The van der Waals surface area contributed by atoms with Crippen molar-refractivity contribution in [2.75, 3.05) is 20.2 Å². The van der Waals surface area contributed by atoms with Crippen LogP contribution in [0.5, 0.6) is 5.75 Å². The number of rotatable bonds is 7. The minimum absolute atomic E-state index is 0.368. The van der Waals surface area contributed by atoms with E-state index in [4.69, 9.17) is 4.74 Å². The molecule has 0 heterocycles. The van der Waals surface area contributed by atoms with Crippen LogP contribution in [0.2, 0.25) is 0 Å². The van der Waals surface area contributed by atoms with Crippen LogP contribution < -0.4 is 15.4 Å². The van der Waals surface area contributed by atoms with Crippen molar-refractivity contribution in [3.05, 3.63) is 65.2 Å². The Kier molecular flexibility index (Phi) is 7.29. The molecule has 0 aliphatic rings. The van der Waals surface area contributed by atoms with Crippen molar-refractivity contribution < 1.29 is 9.84 Å². The van der Waals surface area contributed by atoms with Crippen LogP contribution in [0.3, 0.4) is 0 Å². The van der Waals surface area contributed by atoms with Crippen LogP contribution in [0.15, 0.2) is 53.5 Å². The van der Waals surface area contributed by atoms with Crippen molar-refractivity contribution in [2.24, 2.45) is 4.99 Å². The van der Waals surface area contributed by atoms with Crippen molar-refractivity contribution in [3.8, 4) is 5.75 Å². The molecule has 5 heteroatoms. The highest BCUT2D eigenvalue weighted by Crippen LogP contribution is 2.18. The molecule has 2 aromatic rings. The maximum Gasteiger partial charge on any atom is 0.191 e. The van der Waals surface area contributed by atoms with Crippen LogP contribution in [0.4, 0.5) is 0 Å². The van der Waals surface area contributed by atoms with E-state index in [9.17, 15) is 5.11 Å². The van der Waals surface area contributed by atoms with Gasteiger partial charge in [-0.15, -0.1) is 0 Å². The van der Waals surface area contributed by atoms with Gasteiger partial charge >= 0.3 is 0 Å². The van der Waals surface area contributed by atoms with E-state index in [1.807, 2.05) is 31.2 Å². The molecule has 0 spiro atoms. The van der Waals surface area contributed by atoms with Gasteiger partial charge in [0.25, 0.3) is 0 Å². The standard InChI is InChI=1S/C20H27N3O2/c1-4-21-20(22-13-16-10-8-15(2)9-11-16)23-14-19(24)17-6-5-7-18(12-17)25-3/h5-12,19,24H,4,13-14H2,1-3H3,(H2,21,22,23). The molecule has 0 bridgehead atoms. The molecule has 134 valence electrons. The van der Waals surface area contributed by atoms with Gasteiger partial charge in [-0.2, -0.15) is 0 Å². The number of benzene rings is 2. The number of hydrogen-bond acceptors (Lipinski definition) is 3. The van der Waals surface area contributed by atoms with E-state index >= 15 is 0 Å². The Morgan fingerprint density at radius 2 is 1.92 bits per heavy atom. The monoisotopic (exact) mass is 341 g/mol. The number of hydrogen-bond donors (Lipinski definition) is 3. The van der Waals surface area contributed by atoms with Gasteiger partial charge in [-0.1, -0.05) is 42.0 Å². The number of guanidine groups is 1. The highest BCUT2D eigenvalue weighted by Gasteiger charge is 2.09. The fourth-order valence-electron chi connectivity index (χ4n) is 2.37. The molecule has 2 rings (SSSR count). The molecule has 0 saturated heterocycles. The SMILES string of the molecule is CCNC(=NCc1ccc(C)cc1)NCC(O)c1cccc(OC)c1. The molecule has 3 N–H and O–H groups in total. The van der Waals surface area contributed by atoms with Gasteiger partial charge in [-0.25, -0.2) is 4.99 Å². The highest BCUT2D eigenvalue weighted by atomic mass is 16.5. The first-order valence-corrected chi connectivity index (χ1v) is 8.52. The summed E-state index contributed by atoms with van der Waals surface area (Å²) in [4.78, 5) is 4.57. The first-order chi connectivity index (χ1) is 12.1. The molecular weight excluding hydrogens is 314 g/mol. The number of nitrogens with zero attached hydrogens (tertiary/aromatic N) is 1. The molecule has 0 radical (unpaired) electrons. The van der Waals surface area contributed by atoms with E-state index in [0.717, 1.165) is 23.4 Å². The van der Waals surface area contributed by atoms with Gasteiger partial charge in [0.2, 0.25) is 0 Å². The van der Waals surface area contributed by atoms with E-state index in [0.29, 0.717) is 19.0 Å². The number of methoxy groups -OCH3 is 1. The maximum atomic E-state index is 10.4. The zero-order valence-corrected chi connectivity index (χ0v) is 15.1. The average Bonchev–Trinajstić information content (AvgIpc) is 2.65. The molecule has 0 aliphatic heterocycles. The molecule has 25 heavy (non-hydrogen) atoms. The van der Waals surface area contributed by atoms with Crippen LogP contribution in [0.1, 0.15) is 29.7 Å². The predicted molar refractivity (Wildman–Crippen MR) is 102 cm³/mol. The third-order valence-corrected chi connectivity index (χ3v) is 3.83. The molecule has 2 aromatic carbocycles. The summed E-state index contributed by atoms with van der Waals surface area (Å²) >= 11 is 0. The second-order valence-electron chi connectivity index (χ2n) is 5.85. The summed E-state index contributed by atoms with van der Waals surface area (Å²) in [6.07, 6.45) is -0.640. The van der Waals surface area contributed by atoms with Crippen molar-refractivity contribution in [1.29, 1.82) is 0 Å². The second kappa shape index (κ2) is 9.69. The maximum absolute atomic E-state index is 10.4. The minimum Gasteiger partial charge on any atom is -0.497 e. The smallest absolute Gasteiger partial charge is 0.191 e. The summed E-state index contributed by atoms with van der Waals surface area (Å²) in [5.41, 5.74) is 3.19. The van der Waals surface area contributed by atoms with E-state index in [2.05, 4.69) is 46.8 Å². The van der Waals surface area contributed by atoms with Gasteiger partial charge in [-0.3, -0.25) is 0 Å². The number of aliphatic hydroxyl groups is 1. The normalized spacial score (nSPS) is 12.6. The van der Waals surface area contributed by atoms with E-state index in [1.54, 1.807) is 7.11 Å². The van der Waals surface area contributed by atoms with Crippen molar-refractivity contribution in [1.82, 2.24) is 10.6 Å². The fourth-order valence-corrected chi connectivity index (χ4v) is 2.37. The van der Waals surface area contributed by atoms with Crippen LogP contribution >= 0.6 is 0 Å². The lowest BCUT2D eigenvalue weighted by atomic mass is 10.1. The summed E-state index contributed by atoms with van der Waals surface area (Å²) in [7, 11) is 1.62. The summed E-state index contributed by atoms with van der Waals surface area (Å²) in [5, 5.41) is 16.8. The first kappa shape index (κ1) is 18.8. The van der Waals surface area contributed by atoms with Gasteiger partial charge in [0.1, 0.15) is 5.75 Å². The molecule has 0 aliphatic carbocycles. The van der Waals surface area contributed by atoms with Gasteiger partial charge in [-0.05, 0) is 37.1 Å².